The first kappa shape index (κ1) is 17.3. The van der Waals surface area contributed by atoms with Gasteiger partial charge in [-0.15, -0.1) is 0 Å². The number of hydrogen-bond donors (Lipinski definition) is 2. The van der Waals surface area contributed by atoms with Gasteiger partial charge in [0, 0.05) is 10.2 Å². The molecule has 0 aromatic heterocycles. The van der Waals surface area contributed by atoms with Crippen molar-refractivity contribution in [3.63, 3.8) is 0 Å². The third-order valence-corrected chi connectivity index (χ3v) is 3.78. The zero-order valence-electron chi connectivity index (χ0n) is 13.3. The van der Waals surface area contributed by atoms with Crippen LogP contribution in [-0.2, 0) is 0 Å². The average Bonchev–Trinajstić information content (AvgIpc) is 2.52. The van der Waals surface area contributed by atoms with Crippen LogP contribution in [0.15, 0.2) is 53.0 Å². The van der Waals surface area contributed by atoms with Gasteiger partial charge in [0.1, 0.15) is 12.4 Å². The number of benzene rings is 2. The lowest BCUT2D eigenvalue weighted by Gasteiger charge is -2.14. The highest BCUT2D eigenvalue weighted by Crippen LogP contribution is 2.23. The Kier molecular flexibility index (Phi) is 6.47. The summed E-state index contributed by atoms with van der Waals surface area (Å²) in [6, 6.07) is 15.2. The van der Waals surface area contributed by atoms with Crippen molar-refractivity contribution in [1.29, 1.82) is 0 Å². The van der Waals surface area contributed by atoms with Crippen molar-refractivity contribution in [3.8, 4) is 5.75 Å². The van der Waals surface area contributed by atoms with Gasteiger partial charge in [-0.05, 0) is 35.7 Å². The third-order valence-electron chi connectivity index (χ3n) is 3.28. The fourth-order valence-corrected chi connectivity index (χ4v) is 2.55. The molecule has 0 spiro atoms. The van der Waals surface area contributed by atoms with Gasteiger partial charge in [-0.2, -0.15) is 0 Å². The predicted molar refractivity (Wildman–Crippen MR) is 97.2 cm³/mol. The smallest absolute Gasteiger partial charge is 0.319 e. The molecule has 0 fully saturated rings. The van der Waals surface area contributed by atoms with E-state index in [1.165, 1.54) is 0 Å². The lowest BCUT2D eigenvalue weighted by atomic mass is 10.0. The molecular weight excluding hydrogens is 356 g/mol. The number of nitrogens with one attached hydrogen (secondary N) is 2. The van der Waals surface area contributed by atoms with Crippen molar-refractivity contribution >= 4 is 27.6 Å². The molecule has 0 aliphatic carbocycles. The molecule has 5 heteroatoms. The summed E-state index contributed by atoms with van der Waals surface area (Å²) in [5, 5.41) is 5.68. The van der Waals surface area contributed by atoms with Crippen molar-refractivity contribution in [2.75, 3.05) is 18.5 Å². The number of ether oxygens (including phenoxy) is 1. The zero-order valence-corrected chi connectivity index (χ0v) is 14.9. The van der Waals surface area contributed by atoms with Gasteiger partial charge in [-0.3, -0.25) is 0 Å². The monoisotopic (exact) mass is 376 g/mol. The summed E-state index contributed by atoms with van der Waals surface area (Å²) in [6.45, 7) is 5.05. The van der Waals surface area contributed by atoms with Gasteiger partial charge in [0.05, 0.1) is 6.54 Å². The molecule has 0 aliphatic rings. The molecule has 2 aromatic rings. The molecule has 2 amide bonds. The number of rotatable bonds is 6. The maximum absolute atomic E-state index is 12.0. The second-order valence-electron chi connectivity index (χ2n) is 5.43. The van der Waals surface area contributed by atoms with E-state index in [9.17, 15) is 4.79 Å². The van der Waals surface area contributed by atoms with Crippen molar-refractivity contribution in [2.24, 2.45) is 0 Å². The van der Waals surface area contributed by atoms with E-state index in [-0.39, 0.29) is 6.03 Å². The Morgan fingerprint density at radius 3 is 2.70 bits per heavy atom. The van der Waals surface area contributed by atoms with Crippen LogP contribution in [0, 0.1) is 0 Å². The fourth-order valence-electron chi connectivity index (χ4n) is 2.17. The molecule has 122 valence electrons. The summed E-state index contributed by atoms with van der Waals surface area (Å²) in [5.74, 6) is 1.12. The van der Waals surface area contributed by atoms with Gasteiger partial charge in [-0.1, -0.05) is 54.0 Å². The predicted octanol–water partition coefficient (Wildman–Crippen LogP) is 4.77. The molecule has 23 heavy (non-hydrogen) atoms. The molecule has 0 aliphatic heterocycles. The molecule has 2 N–H and O–H groups in total. The van der Waals surface area contributed by atoms with Crippen molar-refractivity contribution in [3.05, 3.63) is 58.6 Å². The molecule has 2 rings (SSSR count). The topological polar surface area (TPSA) is 50.4 Å². The summed E-state index contributed by atoms with van der Waals surface area (Å²) >= 11 is 3.39. The zero-order chi connectivity index (χ0) is 16.7. The first-order chi connectivity index (χ1) is 11.1. The first-order valence-corrected chi connectivity index (χ1v) is 8.37. The number of anilines is 1. The van der Waals surface area contributed by atoms with Crippen LogP contribution < -0.4 is 15.4 Å². The average molecular weight is 377 g/mol. The van der Waals surface area contributed by atoms with E-state index in [0.29, 0.717) is 19.1 Å². The van der Waals surface area contributed by atoms with Gasteiger partial charge in [-0.25, -0.2) is 4.79 Å². The number of halogens is 1. The second kappa shape index (κ2) is 8.58. The molecule has 4 nitrogen and oxygen atoms in total. The van der Waals surface area contributed by atoms with Crippen molar-refractivity contribution in [1.82, 2.24) is 5.32 Å². The minimum atomic E-state index is -0.226. The normalized spacial score (nSPS) is 10.4. The van der Waals surface area contributed by atoms with E-state index in [2.05, 4.69) is 40.4 Å². The highest BCUT2D eigenvalue weighted by Gasteiger charge is 2.08. The van der Waals surface area contributed by atoms with Crippen LogP contribution in [0.25, 0.3) is 0 Å². The Labute approximate surface area is 145 Å². The van der Waals surface area contributed by atoms with E-state index in [4.69, 9.17) is 4.74 Å². The molecular formula is C18H21BrN2O2. The van der Waals surface area contributed by atoms with Gasteiger partial charge in [0.2, 0.25) is 0 Å². The summed E-state index contributed by atoms with van der Waals surface area (Å²) in [6.07, 6.45) is 0. The van der Waals surface area contributed by atoms with E-state index in [1.807, 2.05) is 48.5 Å². The maximum Gasteiger partial charge on any atom is 0.319 e. The molecule has 0 saturated carbocycles. The highest BCUT2D eigenvalue weighted by atomic mass is 79.9. The molecule has 0 saturated heterocycles. The van der Waals surface area contributed by atoms with Crippen LogP contribution in [0.5, 0.6) is 5.75 Å². The molecule has 0 unspecified atom stereocenters. The van der Waals surface area contributed by atoms with E-state index >= 15 is 0 Å². The molecule has 0 bridgehead atoms. The summed E-state index contributed by atoms with van der Waals surface area (Å²) < 4.78 is 6.54. The maximum atomic E-state index is 12.0. The number of carbonyl (C=O) groups excluding carboxylic acids is 1. The second-order valence-corrected chi connectivity index (χ2v) is 6.34. The van der Waals surface area contributed by atoms with Gasteiger partial charge in [0.25, 0.3) is 0 Å². The minimum Gasteiger partial charge on any atom is -0.492 e. The number of amides is 2. The molecule has 2 aromatic carbocycles. The number of hydrogen-bond acceptors (Lipinski definition) is 2. The Hall–Kier alpha value is -2.01. The first-order valence-electron chi connectivity index (χ1n) is 7.58. The van der Waals surface area contributed by atoms with Gasteiger partial charge < -0.3 is 15.4 Å². The Morgan fingerprint density at radius 2 is 1.96 bits per heavy atom. The van der Waals surface area contributed by atoms with Crippen LogP contribution in [0.1, 0.15) is 25.3 Å². The molecule has 0 atom stereocenters. The Morgan fingerprint density at radius 1 is 1.17 bits per heavy atom. The summed E-state index contributed by atoms with van der Waals surface area (Å²) in [4.78, 5) is 12.0. The van der Waals surface area contributed by atoms with E-state index in [1.54, 1.807) is 0 Å². The SMILES string of the molecule is CC(C)c1ccccc1NC(=O)NCCOc1cccc(Br)c1. The van der Waals surface area contributed by atoms with Crippen LogP contribution in [0.2, 0.25) is 0 Å². The van der Waals surface area contributed by atoms with Crippen LogP contribution in [0.3, 0.4) is 0 Å². The largest absolute Gasteiger partial charge is 0.492 e. The standard InChI is InChI=1S/C18H21BrN2O2/c1-13(2)16-8-3-4-9-17(16)21-18(22)20-10-11-23-15-7-5-6-14(19)12-15/h3-9,12-13H,10-11H2,1-2H3,(H2,20,21,22). The quantitative estimate of drug-likeness (QED) is 0.713. The third kappa shape index (κ3) is 5.60. The van der Waals surface area contributed by atoms with Crippen molar-refractivity contribution < 1.29 is 9.53 Å². The van der Waals surface area contributed by atoms with Crippen LogP contribution in [0.4, 0.5) is 10.5 Å². The minimum absolute atomic E-state index is 0.226. The van der Waals surface area contributed by atoms with E-state index in [0.717, 1.165) is 21.5 Å². The lowest BCUT2D eigenvalue weighted by Crippen LogP contribution is -2.32. The number of carbonyl (C=O) groups is 1. The van der Waals surface area contributed by atoms with Gasteiger partial charge in [0.15, 0.2) is 0 Å². The fraction of sp³-hybridized carbons (Fsp3) is 0.278. The number of urea groups is 1. The lowest BCUT2D eigenvalue weighted by molar-refractivity contribution is 0.247. The van der Waals surface area contributed by atoms with Gasteiger partial charge >= 0.3 is 6.03 Å². The van der Waals surface area contributed by atoms with Crippen molar-refractivity contribution in [2.45, 2.75) is 19.8 Å². The number of para-hydroxylation sites is 1. The Bertz CT molecular complexity index is 659. The summed E-state index contributed by atoms with van der Waals surface area (Å²) in [7, 11) is 0. The Balaban J connectivity index is 1.77. The van der Waals surface area contributed by atoms with Crippen LogP contribution in [-0.4, -0.2) is 19.2 Å². The van der Waals surface area contributed by atoms with Crippen LogP contribution >= 0.6 is 15.9 Å². The molecule has 0 heterocycles. The summed E-state index contributed by atoms with van der Waals surface area (Å²) in [5.41, 5.74) is 1.96. The molecule has 0 radical (unpaired) electrons. The highest BCUT2D eigenvalue weighted by molar-refractivity contribution is 9.10. The van der Waals surface area contributed by atoms with E-state index < -0.39 is 0 Å².